The van der Waals surface area contributed by atoms with Crippen molar-refractivity contribution in [2.45, 2.75) is 64.2 Å². The second-order valence-corrected chi connectivity index (χ2v) is 10.9. The van der Waals surface area contributed by atoms with Crippen LogP contribution in [0.3, 0.4) is 0 Å². The lowest BCUT2D eigenvalue weighted by atomic mass is 9.92. The van der Waals surface area contributed by atoms with E-state index in [9.17, 15) is 14.7 Å². The van der Waals surface area contributed by atoms with E-state index in [4.69, 9.17) is 27.9 Å². The molecule has 1 aromatic heterocycles. The summed E-state index contributed by atoms with van der Waals surface area (Å²) >= 11 is 12.2. The predicted octanol–water partition coefficient (Wildman–Crippen LogP) is 6.11. The fourth-order valence-electron chi connectivity index (χ4n) is 4.20. The third-order valence-corrected chi connectivity index (χ3v) is 6.49. The van der Waals surface area contributed by atoms with Gasteiger partial charge in [-0.05, 0) is 57.9 Å². The van der Waals surface area contributed by atoms with Crippen LogP contribution in [0.4, 0.5) is 0 Å². The van der Waals surface area contributed by atoms with Gasteiger partial charge >= 0.3 is 5.97 Å². The number of carbonyl (C=O) groups excluding carboxylic acids is 2. The third-order valence-electron chi connectivity index (χ3n) is 5.98. The Hall–Kier alpha value is -3.00. The zero-order valence-corrected chi connectivity index (χ0v) is 22.4. The normalized spacial score (nSPS) is 17.8. The third kappa shape index (κ3) is 6.66. The van der Waals surface area contributed by atoms with Gasteiger partial charge in [0.25, 0.3) is 5.91 Å². The van der Waals surface area contributed by atoms with Crippen molar-refractivity contribution in [2.75, 3.05) is 0 Å². The number of aromatic nitrogens is 2. The van der Waals surface area contributed by atoms with Crippen LogP contribution in [0.15, 0.2) is 48.5 Å². The molecule has 0 spiro atoms. The quantitative estimate of drug-likeness (QED) is 0.378. The van der Waals surface area contributed by atoms with E-state index in [1.807, 2.05) is 0 Å². The van der Waals surface area contributed by atoms with E-state index in [0.717, 1.165) is 12.8 Å². The Morgan fingerprint density at radius 2 is 1.35 bits per heavy atom. The topological polar surface area (TPSA) is 101 Å². The first-order valence-electron chi connectivity index (χ1n) is 12.2. The minimum absolute atomic E-state index is 0.172. The van der Waals surface area contributed by atoms with Gasteiger partial charge in [0.05, 0.1) is 23.5 Å². The first-order chi connectivity index (χ1) is 17.5. The molecule has 9 heteroatoms. The van der Waals surface area contributed by atoms with Gasteiger partial charge < -0.3 is 15.2 Å². The molecule has 2 aromatic carbocycles. The molecule has 2 N–H and O–H groups in total. The van der Waals surface area contributed by atoms with Gasteiger partial charge in [0.15, 0.2) is 11.4 Å². The van der Waals surface area contributed by atoms with Crippen molar-refractivity contribution in [2.24, 2.45) is 0 Å². The molecule has 194 valence electrons. The van der Waals surface area contributed by atoms with Crippen LogP contribution in [0.5, 0.6) is 0 Å². The van der Waals surface area contributed by atoms with Crippen LogP contribution < -0.4 is 5.32 Å². The molecule has 0 radical (unpaired) electrons. The van der Waals surface area contributed by atoms with Crippen molar-refractivity contribution in [3.8, 4) is 22.5 Å². The maximum atomic E-state index is 13.5. The maximum Gasteiger partial charge on any atom is 0.359 e. The van der Waals surface area contributed by atoms with Crippen LogP contribution in [0.25, 0.3) is 22.5 Å². The Morgan fingerprint density at radius 1 is 0.865 bits per heavy atom. The van der Waals surface area contributed by atoms with E-state index in [1.165, 1.54) is 0 Å². The van der Waals surface area contributed by atoms with Gasteiger partial charge in [0.2, 0.25) is 0 Å². The molecule has 0 saturated heterocycles. The molecule has 4 rings (SSSR count). The minimum Gasteiger partial charge on any atom is -0.455 e. The number of nitrogens with one attached hydrogen (secondary N) is 1. The van der Waals surface area contributed by atoms with Crippen LogP contribution in [0.2, 0.25) is 10.0 Å². The van der Waals surface area contributed by atoms with Crippen molar-refractivity contribution < 1.29 is 19.4 Å². The molecule has 37 heavy (non-hydrogen) atoms. The van der Waals surface area contributed by atoms with E-state index in [0.29, 0.717) is 45.4 Å². The molecule has 1 amide bonds. The zero-order chi connectivity index (χ0) is 26.7. The average molecular weight is 542 g/mol. The summed E-state index contributed by atoms with van der Waals surface area (Å²) < 4.78 is 5.59. The summed E-state index contributed by atoms with van der Waals surface area (Å²) in [5, 5.41) is 14.3. The van der Waals surface area contributed by atoms with Gasteiger partial charge in [-0.25, -0.2) is 14.8 Å². The molecule has 2 atom stereocenters. The fraction of sp³-hybridized carbons (Fsp3) is 0.357. The highest BCUT2D eigenvalue weighted by Crippen LogP contribution is 2.32. The van der Waals surface area contributed by atoms with E-state index in [-0.39, 0.29) is 11.4 Å². The van der Waals surface area contributed by atoms with E-state index < -0.39 is 29.6 Å². The number of benzene rings is 2. The monoisotopic (exact) mass is 541 g/mol. The smallest absolute Gasteiger partial charge is 0.359 e. The van der Waals surface area contributed by atoms with E-state index in [1.54, 1.807) is 69.3 Å². The predicted molar refractivity (Wildman–Crippen MR) is 144 cm³/mol. The summed E-state index contributed by atoms with van der Waals surface area (Å²) in [5.74, 6) is -1.37. The number of aliphatic hydroxyl groups excluding tert-OH is 1. The number of halogens is 2. The Balaban J connectivity index is 1.89. The second-order valence-electron chi connectivity index (χ2n) is 10.1. The van der Waals surface area contributed by atoms with Gasteiger partial charge in [-0.15, -0.1) is 0 Å². The van der Waals surface area contributed by atoms with Crippen molar-refractivity contribution >= 4 is 35.1 Å². The largest absolute Gasteiger partial charge is 0.455 e. The Kier molecular flexibility index (Phi) is 8.17. The SMILES string of the molecule is CC(C)(C)OC(=O)c1nc(-c2ccc(Cl)cc2)c(-c2ccc(Cl)cc2)nc1C(=O)N[C@H]1CCCC[C@@H]1O. The summed E-state index contributed by atoms with van der Waals surface area (Å²) in [7, 11) is 0. The minimum atomic E-state index is -0.818. The highest BCUT2D eigenvalue weighted by molar-refractivity contribution is 6.31. The summed E-state index contributed by atoms with van der Waals surface area (Å²) in [6.45, 7) is 5.20. The van der Waals surface area contributed by atoms with E-state index in [2.05, 4.69) is 15.3 Å². The number of rotatable bonds is 5. The van der Waals surface area contributed by atoms with Crippen LogP contribution >= 0.6 is 23.2 Å². The molecule has 1 fully saturated rings. The number of esters is 1. The van der Waals surface area contributed by atoms with Crippen molar-refractivity contribution in [3.63, 3.8) is 0 Å². The van der Waals surface area contributed by atoms with Gasteiger partial charge in [0.1, 0.15) is 5.60 Å². The molecular weight excluding hydrogens is 513 g/mol. The van der Waals surface area contributed by atoms with Crippen molar-refractivity contribution in [1.29, 1.82) is 0 Å². The van der Waals surface area contributed by atoms with Crippen LogP contribution in [-0.2, 0) is 4.74 Å². The molecule has 1 aliphatic carbocycles. The molecule has 7 nitrogen and oxygen atoms in total. The Morgan fingerprint density at radius 3 is 1.84 bits per heavy atom. The van der Waals surface area contributed by atoms with Gasteiger partial charge in [-0.1, -0.05) is 60.3 Å². The molecule has 1 heterocycles. The van der Waals surface area contributed by atoms with Gasteiger partial charge in [-0.3, -0.25) is 4.79 Å². The number of carbonyl (C=O) groups is 2. The molecule has 0 aliphatic heterocycles. The van der Waals surface area contributed by atoms with E-state index >= 15 is 0 Å². The number of aliphatic hydroxyl groups is 1. The number of hydrogen-bond acceptors (Lipinski definition) is 6. The van der Waals surface area contributed by atoms with Crippen molar-refractivity contribution in [3.05, 3.63) is 70.0 Å². The highest BCUT2D eigenvalue weighted by atomic mass is 35.5. The fourth-order valence-corrected chi connectivity index (χ4v) is 4.45. The lowest BCUT2D eigenvalue weighted by molar-refractivity contribution is 0.00600. The van der Waals surface area contributed by atoms with Crippen molar-refractivity contribution in [1.82, 2.24) is 15.3 Å². The van der Waals surface area contributed by atoms with Gasteiger partial charge in [-0.2, -0.15) is 0 Å². The highest BCUT2D eigenvalue weighted by Gasteiger charge is 2.31. The standard InChI is InChI=1S/C28H29Cl2N3O4/c1-28(2,3)37-27(36)25-24(26(35)31-20-6-4-5-7-21(20)34)32-22(16-8-12-18(29)13-9-16)23(33-25)17-10-14-19(30)15-11-17/h8-15,20-21,34H,4-7H2,1-3H3,(H,31,35)/t20-,21-/m0/s1. The molecule has 3 aromatic rings. The maximum absolute atomic E-state index is 13.5. The zero-order valence-electron chi connectivity index (χ0n) is 20.9. The summed E-state index contributed by atoms with van der Waals surface area (Å²) in [6.07, 6.45) is 2.35. The average Bonchev–Trinajstić information content (AvgIpc) is 2.84. The number of nitrogens with zero attached hydrogens (tertiary/aromatic N) is 2. The lowest BCUT2D eigenvalue weighted by Gasteiger charge is -2.28. The summed E-state index contributed by atoms with van der Waals surface area (Å²) in [6, 6.07) is 13.5. The van der Waals surface area contributed by atoms with Crippen LogP contribution in [0, 0.1) is 0 Å². The first kappa shape index (κ1) is 27.0. The van der Waals surface area contributed by atoms with Gasteiger partial charge in [0, 0.05) is 21.2 Å². The van der Waals surface area contributed by atoms with Crippen LogP contribution in [0.1, 0.15) is 67.4 Å². The first-order valence-corrected chi connectivity index (χ1v) is 12.9. The molecule has 0 unspecified atom stereocenters. The lowest BCUT2D eigenvalue weighted by Crippen LogP contribution is -2.45. The number of hydrogen-bond donors (Lipinski definition) is 2. The van der Waals surface area contributed by atoms with Crippen LogP contribution in [-0.4, -0.2) is 44.7 Å². The second kappa shape index (κ2) is 11.2. The Labute approximate surface area is 226 Å². The number of amides is 1. The Bertz CT molecular complexity index is 1290. The summed E-state index contributed by atoms with van der Waals surface area (Å²) in [5.41, 5.74) is 0.886. The number of ether oxygens (including phenoxy) is 1. The molecule has 1 aliphatic rings. The molecule has 1 saturated carbocycles. The summed E-state index contributed by atoms with van der Waals surface area (Å²) in [4.78, 5) is 36.1. The molecule has 0 bridgehead atoms. The molecular formula is C28H29Cl2N3O4.